The van der Waals surface area contributed by atoms with Crippen molar-refractivity contribution in [3.05, 3.63) is 59.4 Å². The number of rotatable bonds is 9. The van der Waals surface area contributed by atoms with E-state index in [2.05, 4.69) is 5.32 Å². The van der Waals surface area contributed by atoms with Crippen LogP contribution in [-0.4, -0.2) is 56.4 Å². The van der Waals surface area contributed by atoms with E-state index in [1.807, 2.05) is 0 Å². The molecule has 33 heavy (non-hydrogen) atoms. The maximum absolute atomic E-state index is 13.2. The molecule has 2 aliphatic rings. The van der Waals surface area contributed by atoms with Gasteiger partial charge in [0, 0.05) is 42.3 Å². The summed E-state index contributed by atoms with van der Waals surface area (Å²) in [5.74, 6) is -1.34. The van der Waals surface area contributed by atoms with Gasteiger partial charge < -0.3 is 19.7 Å². The van der Waals surface area contributed by atoms with E-state index >= 15 is 0 Å². The number of carbonyl (C=O) groups is 2. The van der Waals surface area contributed by atoms with Gasteiger partial charge in [0.2, 0.25) is 5.91 Å². The van der Waals surface area contributed by atoms with Crippen LogP contribution in [0.4, 0.5) is 4.39 Å². The number of halogens is 1. The summed E-state index contributed by atoms with van der Waals surface area (Å²) in [6, 6.07) is 9.95. The zero-order valence-corrected chi connectivity index (χ0v) is 18.4. The van der Waals surface area contributed by atoms with Crippen molar-refractivity contribution in [2.24, 2.45) is 5.92 Å². The number of Topliss-reactive ketones (excluding diaryl/α,β-unsaturated/α-hetero) is 1. The number of ketones is 1. The fourth-order valence-corrected chi connectivity index (χ4v) is 4.15. The highest BCUT2D eigenvalue weighted by Gasteiger charge is 2.26. The van der Waals surface area contributed by atoms with Crippen LogP contribution < -0.4 is 14.8 Å². The molecule has 1 unspecified atom stereocenters. The van der Waals surface area contributed by atoms with E-state index in [9.17, 15) is 14.0 Å². The summed E-state index contributed by atoms with van der Waals surface area (Å²) in [5.41, 5.74) is 1.03. The van der Waals surface area contributed by atoms with Gasteiger partial charge in [0.15, 0.2) is 17.3 Å². The molecular weight excluding hydrogens is 423 g/mol. The molecule has 2 aliphatic heterocycles. The van der Waals surface area contributed by atoms with Crippen LogP contribution in [-0.2, 0) is 4.79 Å². The molecule has 0 saturated carbocycles. The van der Waals surface area contributed by atoms with E-state index < -0.39 is 31.2 Å². The second-order valence-corrected chi connectivity index (χ2v) is 8.19. The first-order valence-corrected chi connectivity index (χ1v) is 11.0. The Labute approximate surface area is 202 Å². The monoisotopic (exact) mass is 460 g/mol. The SMILES string of the molecule is [2H]C([2H])(Oc1cc(C2CNC(=O)C2)ccc1OC)C([2H])([2H])C([2H])([2H])N1CCC(C(=O)c2ccc(F)cc2)CC1. The van der Waals surface area contributed by atoms with E-state index in [1.165, 1.54) is 48.4 Å². The van der Waals surface area contributed by atoms with Crippen LogP contribution in [0.1, 0.15) is 55.7 Å². The van der Waals surface area contributed by atoms with Gasteiger partial charge in [-0.2, -0.15) is 0 Å². The Morgan fingerprint density at radius 2 is 1.94 bits per heavy atom. The molecule has 0 aromatic heterocycles. The third-order valence-corrected chi connectivity index (χ3v) is 6.06. The number of amides is 1. The summed E-state index contributed by atoms with van der Waals surface area (Å²) in [6.45, 7) is -5.50. The molecule has 2 saturated heterocycles. The molecule has 0 radical (unpaired) electrons. The molecule has 2 aromatic carbocycles. The van der Waals surface area contributed by atoms with Gasteiger partial charge in [0.1, 0.15) is 5.82 Å². The van der Waals surface area contributed by atoms with Crippen molar-refractivity contribution >= 4 is 11.7 Å². The summed E-state index contributed by atoms with van der Waals surface area (Å²) in [7, 11) is 1.35. The van der Waals surface area contributed by atoms with Crippen molar-refractivity contribution < 1.29 is 31.7 Å². The molecule has 6 nitrogen and oxygen atoms in total. The molecule has 0 spiro atoms. The minimum Gasteiger partial charge on any atom is -0.493 e. The van der Waals surface area contributed by atoms with Crippen molar-refractivity contribution in [3.8, 4) is 11.5 Å². The third-order valence-electron chi connectivity index (χ3n) is 6.06. The van der Waals surface area contributed by atoms with Gasteiger partial charge in [-0.15, -0.1) is 0 Å². The van der Waals surface area contributed by atoms with E-state index in [0.717, 1.165) is 0 Å². The number of likely N-dealkylation sites (tertiary alicyclic amines) is 1. The number of hydrogen-bond acceptors (Lipinski definition) is 5. The van der Waals surface area contributed by atoms with Gasteiger partial charge >= 0.3 is 0 Å². The number of methoxy groups -OCH3 is 1. The minimum absolute atomic E-state index is 0.0156. The van der Waals surface area contributed by atoms with Gasteiger partial charge in [0.25, 0.3) is 0 Å². The zero-order valence-electron chi connectivity index (χ0n) is 24.4. The number of benzene rings is 2. The Morgan fingerprint density at radius 3 is 2.61 bits per heavy atom. The standard InChI is InChI=1S/C26H31FN2O4/c1-32-23-8-5-20(21-16-25(30)28-17-21)15-24(23)33-14-2-11-29-12-9-19(10-13-29)26(31)18-3-6-22(27)7-4-18/h3-8,15,19,21H,2,9-14,16-17H2,1H3,(H,28,30)/i2D2,11D2,14D2. The van der Waals surface area contributed by atoms with Crippen LogP contribution >= 0.6 is 0 Å². The number of nitrogens with one attached hydrogen (secondary N) is 1. The summed E-state index contributed by atoms with van der Waals surface area (Å²) in [6.07, 6.45) is -2.43. The molecule has 0 bridgehead atoms. The van der Waals surface area contributed by atoms with Gasteiger partial charge in [0.05, 0.1) is 16.4 Å². The summed E-state index contributed by atoms with van der Waals surface area (Å²) in [4.78, 5) is 25.6. The molecule has 2 aromatic rings. The molecule has 1 N–H and O–H groups in total. The fraction of sp³-hybridized carbons (Fsp3) is 0.462. The lowest BCUT2D eigenvalue weighted by molar-refractivity contribution is -0.119. The Bertz CT molecular complexity index is 1220. The Balaban J connectivity index is 1.48. The number of carbonyl (C=O) groups excluding carboxylic acids is 2. The topological polar surface area (TPSA) is 67.9 Å². The lowest BCUT2D eigenvalue weighted by Gasteiger charge is -2.31. The summed E-state index contributed by atoms with van der Waals surface area (Å²) < 4.78 is 75.2. The smallest absolute Gasteiger partial charge is 0.220 e. The molecule has 176 valence electrons. The summed E-state index contributed by atoms with van der Waals surface area (Å²) >= 11 is 0. The van der Waals surface area contributed by atoms with Crippen molar-refractivity contribution in [2.75, 3.05) is 39.8 Å². The third kappa shape index (κ3) is 5.90. The predicted molar refractivity (Wildman–Crippen MR) is 123 cm³/mol. The van der Waals surface area contributed by atoms with Crippen LogP contribution in [0.5, 0.6) is 11.5 Å². The fourth-order valence-electron chi connectivity index (χ4n) is 4.15. The van der Waals surface area contributed by atoms with Crippen LogP contribution in [0.3, 0.4) is 0 Å². The first kappa shape index (κ1) is 16.6. The van der Waals surface area contributed by atoms with Crippen LogP contribution in [0.15, 0.2) is 42.5 Å². The van der Waals surface area contributed by atoms with Gasteiger partial charge in [-0.05, 0) is 74.3 Å². The second kappa shape index (κ2) is 10.8. The van der Waals surface area contributed by atoms with E-state index in [4.69, 9.17) is 17.7 Å². The molecule has 7 heteroatoms. The predicted octanol–water partition coefficient (Wildman–Crippen LogP) is 3.80. The highest BCUT2D eigenvalue weighted by molar-refractivity contribution is 5.97. The molecule has 0 aliphatic carbocycles. The molecular formula is C26H31FN2O4. The number of nitrogens with zero attached hydrogens (tertiary/aromatic N) is 1. The molecule has 2 heterocycles. The normalized spacial score (nSPS) is 23.3. The number of ether oxygens (including phenoxy) is 2. The van der Waals surface area contributed by atoms with Crippen LogP contribution in [0, 0.1) is 11.7 Å². The number of hydrogen-bond donors (Lipinski definition) is 1. The quantitative estimate of drug-likeness (QED) is 0.577. The first-order chi connectivity index (χ1) is 18.3. The van der Waals surface area contributed by atoms with E-state index in [1.54, 1.807) is 6.07 Å². The molecule has 2 fully saturated rings. The second-order valence-electron chi connectivity index (χ2n) is 8.19. The maximum atomic E-state index is 13.2. The average molecular weight is 461 g/mol. The van der Waals surface area contributed by atoms with Crippen molar-refractivity contribution in [3.63, 3.8) is 0 Å². The first-order valence-electron chi connectivity index (χ1n) is 14.0. The van der Waals surface area contributed by atoms with Gasteiger partial charge in [-0.1, -0.05) is 6.07 Å². The Hall–Kier alpha value is -2.93. The minimum atomic E-state index is -3.15. The molecule has 1 amide bonds. The van der Waals surface area contributed by atoms with E-state index in [-0.39, 0.29) is 61.5 Å². The highest BCUT2D eigenvalue weighted by Crippen LogP contribution is 2.33. The van der Waals surface area contributed by atoms with Crippen molar-refractivity contribution in [1.29, 1.82) is 0 Å². The van der Waals surface area contributed by atoms with Gasteiger partial charge in [-0.25, -0.2) is 4.39 Å². The average Bonchev–Trinajstić information content (AvgIpc) is 3.34. The lowest BCUT2D eigenvalue weighted by atomic mass is 9.89. The largest absolute Gasteiger partial charge is 0.493 e. The zero-order chi connectivity index (χ0) is 28.6. The Morgan fingerprint density at radius 1 is 1.18 bits per heavy atom. The Kier molecular flexibility index (Phi) is 5.44. The van der Waals surface area contributed by atoms with Crippen molar-refractivity contribution in [2.45, 2.75) is 31.6 Å². The maximum Gasteiger partial charge on any atom is 0.220 e. The molecule has 1 atom stereocenters. The van der Waals surface area contributed by atoms with E-state index in [0.29, 0.717) is 17.7 Å². The van der Waals surface area contributed by atoms with Gasteiger partial charge in [-0.3, -0.25) is 9.59 Å². The van der Waals surface area contributed by atoms with Crippen LogP contribution in [0.2, 0.25) is 0 Å². The van der Waals surface area contributed by atoms with Crippen molar-refractivity contribution in [1.82, 2.24) is 10.2 Å². The number of piperidine rings is 1. The van der Waals surface area contributed by atoms with Crippen LogP contribution in [0.25, 0.3) is 0 Å². The summed E-state index contributed by atoms with van der Waals surface area (Å²) in [5, 5.41) is 2.73. The lowest BCUT2D eigenvalue weighted by Crippen LogP contribution is -2.37. The highest BCUT2D eigenvalue weighted by atomic mass is 19.1. The molecule has 4 rings (SSSR count).